The SMILES string of the molecule is O=C(Nc1ccc(NC(=O)N2CCCCCC2)cc1)C1COCCO1. The number of ether oxygens (including phenoxy) is 2. The Balaban J connectivity index is 1.51. The second kappa shape index (κ2) is 8.82. The van der Waals surface area contributed by atoms with Gasteiger partial charge >= 0.3 is 6.03 Å². The molecule has 2 heterocycles. The quantitative estimate of drug-likeness (QED) is 0.880. The van der Waals surface area contributed by atoms with Crippen molar-refractivity contribution in [2.24, 2.45) is 0 Å². The molecule has 2 aliphatic rings. The van der Waals surface area contributed by atoms with Crippen LogP contribution in [0, 0.1) is 0 Å². The van der Waals surface area contributed by atoms with E-state index in [9.17, 15) is 9.59 Å². The molecule has 2 saturated heterocycles. The third kappa shape index (κ3) is 5.17. The first-order chi connectivity index (χ1) is 12.2. The molecule has 1 aromatic rings. The molecule has 0 bridgehead atoms. The first kappa shape index (κ1) is 17.7. The highest BCUT2D eigenvalue weighted by molar-refractivity contribution is 5.95. The minimum Gasteiger partial charge on any atom is -0.376 e. The van der Waals surface area contributed by atoms with Crippen LogP contribution in [0.5, 0.6) is 0 Å². The third-order valence-electron chi connectivity index (χ3n) is 4.41. The van der Waals surface area contributed by atoms with Crippen LogP contribution < -0.4 is 10.6 Å². The van der Waals surface area contributed by atoms with E-state index in [0.717, 1.165) is 25.9 Å². The average molecular weight is 347 g/mol. The van der Waals surface area contributed by atoms with Crippen LogP contribution >= 0.6 is 0 Å². The van der Waals surface area contributed by atoms with Crippen molar-refractivity contribution in [2.75, 3.05) is 43.5 Å². The van der Waals surface area contributed by atoms with Crippen molar-refractivity contribution < 1.29 is 19.1 Å². The molecule has 0 spiro atoms. The summed E-state index contributed by atoms with van der Waals surface area (Å²) in [5, 5.41) is 5.71. The predicted molar refractivity (Wildman–Crippen MR) is 94.7 cm³/mol. The fourth-order valence-corrected chi connectivity index (χ4v) is 2.98. The van der Waals surface area contributed by atoms with Gasteiger partial charge in [0.15, 0.2) is 6.10 Å². The van der Waals surface area contributed by atoms with E-state index in [-0.39, 0.29) is 18.5 Å². The van der Waals surface area contributed by atoms with Crippen LogP contribution in [0.15, 0.2) is 24.3 Å². The standard InChI is InChI=1S/C18H25N3O4/c22-17(16-13-24-11-12-25-16)19-14-5-7-15(8-6-14)20-18(23)21-9-3-1-2-4-10-21/h5-8,16H,1-4,9-13H2,(H,19,22)(H,20,23). The molecule has 0 aliphatic carbocycles. The second-order valence-corrected chi connectivity index (χ2v) is 6.33. The highest BCUT2D eigenvalue weighted by atomic mass is 16.6. The van der Waals surface area contributed by atoms with Crippen LogP contribution in [-0.4, -0.2) is 55.9 Å². The van der Waals surface area contributed by atoms with E-state index in [1.807, 2.05) is 4.90 Å². The summed E-state index contributed by atoms with van der Waals surface area (Å²) in [6.07, 6.45) is 3.93. The van der Waals surface area contributed by atoms with Crippen LogP contribution in [0.4, 0.5) is 16.2 Å². The Morgan fingerprint density at radius 3 is 2.16 bits per heavy atom. The summed E-state index contributed by atoms with van der Waals surface area (Å²) in [4.78, 5) is 26.2. The van der Waals surface area contributed by atoms with Gasteiger partial charge in [0.1, 0.15) is 0 Å². The zero-order valence-corrected chi connectivity index (χ0v) is 14.3. The Morgan fingerprint density at radius 2 is 1.56 bits per heavy atom. The molecule has 2 aliphatic heterocycles. The molecular weight excluding hydrogens is 322 g/mol. The van der Waals surface area contributed by atoms with Crippen LogP contribution in [-0.2, 0) is 14.3 Å². The minimum atomic E-state index is -0.573. The summed E-state index contributed by atoms with van der Waals surface area (Å²) in [6, 6.07) is 7.03. The fraction of sp³-hybridized carbons (Fsp3) is 0.556. The number of urea groups is 1. The number of likely N-dealkylation sites (tertiary alicyclic amines) is 1. The van der Waals surface area contributed by atoms with Crippen molar-refractivity contribution >= 4 is 23.3 Å². The molecule has 3 rings (SSSR count). The fourth-order valence-electron chi connectivity index (χ4n) is 2.98. The zero-order valence-electron chi connectivity index (χ0n) is 14.3. The maximum atomic E-state index is 12.3. The normalized spacial score (nSPS) is 21.3. The van der Waals surface area contributed by atoms with Crippen LogP contribution in [0.3, 0.4) is 0 Å². The molecule has 2 N–H and O–H groups in total. The second-order valence-electron chi connectivity index (χ2n) is 6.33. The summed E-state index contributed by atoms with van der Waals surface area (Å²) >= 11 is 0. The van der Waals surface area contributed by atoms with Crippen molar-refractivity contribution in [1.29, 1.82) is 0 Å². The molecule has 25 heavy (non-hydrogen) atoms. The Bertz CT molecular complexity index is 576. The smallest absolute Gasteiger partial charge is 0.321 e. The lowest BCUT2D eigenvalue weighted by Gasteiger charge is -2.22. The van der Waals surface area contributed by atoms with E-state index in [1.54, 1.807) is 24.3 Å². The van der Waals surface area contributed by atoms with E-state index in [0.29, 0.717) is 24.6 Å². The van der Waals surface area contributed by atoms with Crippen LogP contribution in [0.1, 0.15) is 25.7 Å². The largest absolute Gasteiger partial charge is 0.376 e. The van der Waals surface area contributed by atoms with Crippen molar-refractivity contribution in [2.45, 2.75) is 31.8 Å². The summed E-state index contributed by atoms with van der Waals surface area (Å²) < 4.78 is 10.6. The first-order valence-electron chi connectivity index (χ1n) is 8.88. The number of benzene rings is 1. The molecule has 0 aromatic heterocycles. The van der Waals surface area contributed by atoms with E-state index >= 15 is 0 Å². The molecule has 136 valence electrons. The van der Waals surface area contributed by atoms with Gasteiger partial charge in [-0.2, -0.15) is 0 Å². The van der Waals surface area contributed by atoms with E-state index in [1.165, 1.54) is 12.8 Å². The number of hydrogen-bond acceptors (Lipinski definition) is 4. The number of carbonyl (C=O) groups is 2. The average Bonchev–Trinajstić information content (AvgIpc) is 2.93. The lowest BCUT2D eigenvalue weighted by atomic mass is 10.2. The highest BCUT2D eigenvalue weighted by Crippen LogP contribution is 2.16. The monoisotopic (exact) mass is 347 g/mol. The van der Waals surface area contributed by atoms with Crippen LogP contribution in [0.25, 0.3) is 0 Å². The topological polar surface area (TPSA) is 79.9 Å². The predicted octanol–water partition coefficient (Wildman–Crippen LogP) is 2.45. The Hall–Kier alpha value is -2.12. The number of amides is 3. The number of nitrogens with one attached hydrogen (secondary N) is 2. The molecule has 0 saturated carbocycles. The van der Waals surface area contributed by atoms with Crippen molar-refractivity contribution in [3.8, 4) is 0 Å². The van der Waals surface area contributed by atoms with Crippen molar-refractivity contribution in [1.82, 2.24) is 4.90 Å². The number of nitrogens with zero attached hydrogens (tertiary/aromatic N) is 1. The molecule has 3 amide bonds. The van der Waals surface area contributed by atoms with E-state index in [2.05, 4.69) is 10.6 Å². The van der Waals surface area contributed by atoms with Gasteiger partial charge in [-0.1, -0.05) is 12.8 Å². The van der Waals surface area contributed by atoms with Gasteiger partial charge in [-0.05, 0) is 37.1 Å². The van der Waals surface area contributed by atoms with Crippen molar-refractivity contribution in [3.63, 3.8) is 0 Å². The third-order valence-corrected chi connectivity index (χ3v) is 4.41. The number of rotatable bonds is 3. The Morgan fingerprint density at radius 1 is 0.920 bits per heavy atom. The first-order valence-corrected chi connectivity index (χ1v) is 8.88. The molecule has 1 aromatic carbocycles. The maximum absolute atomic E-state index is 12.3. The molecule has 7 heteroatoms. The zero-order chi connectivity index (χ0) is 17.5. The molecule has 1 atom stereocenters. The van der Waals surface area contributed by atoms with E-state index in [4.69, 9.17) is 9.47 Å². The summed E-state index contributed by atoms with van der Waals surface area (Å²) in [6.45, 7) is 2.84. The van der Waals surface area contributed by atoms with Gasteiger partial charge in [0.2, 0.25) is 0 Å². The van der Waals surface area contributed by atoms with Gasteiger partial charge in [-0.25, -0.2) is 4.79 Å². The van der Waals surface area contributed by atoms with Gasteiger partial charge in [0.05, 0.1) is 19.8 Å². The van der Waals surface area contributed by atoms with Crippen LogP contribution in [0.2, 0.25) is 0 Å². The van der Waals surface area contributed by atoms with Gasteiger partial charge < -0.3 is 25.0 Å². The van der Waals surface area contributed by atoms with Gasteiger partial charge in [0, 0.05) is 24.5 Å². The summed E-state index contributed by atoms with van der Waals surface area (Å²) in [5.41, 5.74) is 1.37. The lowest BCUT2D eigenvalue weighted by Crippen LogP contribution is -2.39. The molecule has 0 radical (unpaired) electrons. The molecule has 1 unspecified atom stereocenters. The van der Waals surface area contributed by atoms with Gasteiger partial charge in [-0.15, -0.1) is 0 Å². The maximum Gasteiger partial charge on any atom is 0.321 e. The van der Waals surface area contributed by atoms with Gasteiger partial charge in [0.25, 0.3) is 5.91 Å². The lowest BCUT2D eigenvalue weighted by molar-refractivity contribution is -0.142. The molecule has 2 fully saturated rings. The van der Waals surface area contributed by atoms with Gasteiger partial charge in [-0.3, -0.25) is 4.79 Å². The number of carbonyl (C=O) groups excluding carboxylic acids is 2. The number of anilines is 2. The van der Waals surface area contributed by atoms with E-state index < -0.39 is 6.10 Å². The Labute approximate surface area is 147 Å². The summed E-state index contributed by atoms with van der Waals surface area (Å²) in [5.74, 6) is -0.221. The minimum absolute atomic E-state index is 0.0635. The molecular formula is C18H25N3O4. The Kier molecular flexibility index (Phi) is 6.25. The van der Waals surface area contributed by atoms with Crippen molar-refractivity contribution in [3.05, 3.63) is 24.3 Å². The molecule has 7 nitrogen and oxygen atoms in total. The highest BCUT2D eigenvalue weighted by Gasteiger charge is 2.22. The number of hydrogen-bond donors (Lipinski definition) is 2. The summed E-state index contributed by atoms with van der Waals surface area (Å²) in [7, 11) is 0.